The Kier molecular flexibility index (Phi) is 5.81. The minimum absolute atomic E-state index is 0.121. The number of ketones is 1. The average molecular weight is 372 g/mol. The Hall–Kier alpha value is -2.08. The fourth-order valence-electron chi connectivity index (χ4n) is 3.39. The summed E-state index contributed by atoms with van der Waals surface area (Å²) in [6.07, 6.45) is 4.25. The van der Waals surface area contributed by atoms with E-state index in [1.165, 1.54) is 0 Å². The highest BCUT2D eigenvalue weighted by atomic mass is 32.2. The maximum absolute atomic E-state index is 13.0. The third-order valence-electron chi connectivity index (χ3n) is 4.79. The van der Waals surface area contributed by atoms with Gasteiger partial charge in [-0.1, -0.05) is 25.1 Å². The lowest BCUT2D eigenvalue weighted by atomic mass is 9.90. The van der Waals surface area contributed by atoms with Crippen molar-refractivity contribution in [3.8, 4) is 0 Å². The Morgan fingerprint density at radius 3 is 2.81 bits per heavy atom. The van der Waals surface area contributed by atoms with E-state index in [0.29, 0.717) is 36.9 Å². The van der Waals surface area contributed by atoms with Gasteiger partial charge in [-0.15, -0.1) is 11.8 Å². The van der Waals surface area contributed by atoms with Gasteiger partial charge in [0.05, 0.1) is 5.69 Å². The summed E-state index contributed by atoms with van der Waals surface area (Å²) in [7, 11) is 0. The standard InChI is InChI=1S/C20H24N2O3S/c1-4-17-21-13(2)19(25-17)20(24)22-11-7-8-14(12-22)18(23)15-9-5-6-10-16(15)26-3/h5-6,9-10,14H,4,7-8,11-12H2,1-3H3/t14-/m1/s1. The van der Waals surface area contributed by atoms with E-state index in [1.807, 2.05) is 37.4 Å². The molecule has 1 aromatic heterocycles. The highest BCUT2D eigenvalue weighted by Gasteiger charge is 2.32. The van der Waals surface area contributed by atoms with E-state index in [4.69, 9.17) is 4.42 Å². The van der Waals surface area contributed by atoms with Crippen molar-refractivity contribution in [1.29, 1.82) is 0 Å². The average Bonchev–Trinajstić information content (AvgIpc) is 3.07. The van der Waals surface area contributed by atoms with Crippen molar-refractivity contribution in [2.45, 2.75) is 38.0 Å². The van der Waals surface area contributed by atoms with Crippen molar-refractivity contribution in [3.05, 3.63) is 47.2 Å². The van der Waals surface area contributed by atoms with Crippen LogP contribution in [0.15, 0.2) is 33.6 Å². The van der Waals surface area contributed by atoms with Gasteiger partial charge in [0.2, 0.25) is 5.76 Å². The summed E-state index contributed by atoms with van der Waals surface area (Å²) >= 11 is 1.57. The second-order valence-corrected chi connectivity index (χ2v) is 7.38. The van der Waals surface area contributed by atoms with Gasteiger partial charge in [0.25, 0.3) is 5.91 Å². The molecule has 6 heteroatoms. The van der Waals surface area contributed by atoms with Crippen LogP contribution in [0.25, 0.3) is 0 Å². The monoisotopic (exact) mass is 372 g/mol. The molecule has 0 spiro atoms. The Balaban J connectivity index is 1.77. The van der Waals surface area contributed by atoms with Gasteiger partial charge in [-0.2, -0.15) is 0 Å². The number of aryl methyl sites for hydroxylation is 2. The summed E-state index contributed by atoms with van der Waals surface area (Å²) in [6, 6.07) is 7.68. The fourth-order valence-corrected chi connectivity index (χ4v) is 3.99. The van der Waals surface area contributed by atoms with E-state index in [0.717, 1.165) is 23.3 Å². The topological polar surface area (TPSA) is 63.4 Å². The van der Waals surface area contributed by atoms with Crippen LogP contribution in [-0.4, -0.2) is 40.9 Å². The van der Waals surface area contributed by atoms with E-state index in [-0.39, 0.29) is 17.6 Å². The molecule has 2 aromatic rings. The molecule has 1 aromatic carbocycles. The molecule has 0 aliphatic carbocycles. The first-order valence-electron chi connectivity index (χ1n) is 8.98. The SMILES string of the molecule is CCc1nc(C)c(C(=O)N2CCC[C@@H](C(=O)c3ccccc3SC)C2)o1. The first-order chi connectivity index (χ1) is 12.5. The number of piperidine rings is 1. The summed E-state index contributed by atoms with van der Waals surface area (Å²) in [5.41, 5.74) is 1.37. The van der Waals surface area contributed by atoms with Crippen molar-refractivity contribution in [1.82, 2.24) is 9.88 Å². The van der Waals surface area contributed by atoms with Crippen molar-refractivity contribution >= 4 is 23.5 Å². The molecule has 1 aliphatic rings. The molecule has 5 nitrogen and oxygen atoms in total. The van der Waals surface area contributed by atoms with Gasteiger partial charge in [0, 0.05) is 35.9 Å². The van der Waals surface area contributed by atoms with Gasteiger partial charge in [0.1, 0.15) is 0 Å². The number of aromatic nitrogens is 1. The zero-order chi connectivity index (χ0) is 18.7. The molecule has 0 radical (unpaired) electrons. The first-order valence-corrected chi connectivity index (χ1v) is 10.2. The molecule has 138 valence electrons. The molecular weight excluding hydrogens is 348 g/mol. The Morgan fingerprint density at radius 1 is 1.35 bits per heavy atom. The summed E-state index contributed by atoms with van der Waals surface area (Å²) in [4.78, 5) is 32.9. The summed E-state index contributed by atoms with van der Waals surface area (Å²) < 4.78 is 5.60. The number of hydrogen-bond acceptors (Lipinski definition) is 5. The van der Waals surface area contributed by atoms with Gasteiger partial charge in [-0.25, -0.2) is 4.98 Å². The molecule has 26 heavy (non-hydrogen) atoms. The molecule has 3 rings (SSSR count). The van der Waals surface area contributed by atoms with Crippen molar-refractivity contribution < 1.29 is 14.0 Å². The zero-order valence-electron chi connectivity index (χ0n) is 15.4. The van der Waals surface area contributed by atoms with E-state index < -0.39 is 0 Å². The highest BCUT2D eigenvalue weighted by molar-refractivity contribution is 7.98. The van der Waals surface area contributed by atoms with Gasteiger partial charge >= 0.3 is 0 Å². The van der Waals surface area contributed by atoms with E-state index in [2.05, 4.69) is 4.98 Å². The molecule has 2 heterocycles. The number of rotatable bonds is 5. The maximum atomic E-state index is 13.0. The highest BCUT2D eigenvalue weighted by Crippen LogP contribution is 2.27. The molecular formula is C20H24N2O3S. The van der Waals surface area contributed by atoms with E-state index in [1.54, 1.807) is 23.6 Å². The predicted molar refractivity (Wildman–Crippen MR) is 102 cm³/mol. The Bertz CT molecular complexity index is 815. The van der Waals surface area contributed by atoms with Crippen LogP contribution in [0, 0.1) is 12.8 Å². The van der Waals surface area contributed by atoms with Gasteiger partial charge in [-0.05, 0) is 32.1 Å². The van der Waals surface area contributed by atoms with Crippen LogP contribution in [0.3, 0.4) is 0 Å². The molecule has 1 amide bonds. The maximum Gasteiger partial charge on any atom is 0.291 e. The van der Waals surface area contributed by atoms with E-state index in [9.17, 15) is 9.59 Å². The number of carbonyl (C=O) groups is 2. The quantitative estimate of drug-likeness (QED) is 0.586. The minimum Gasteiger partial charge on any atom is -0.435 e. The molecule has 0 N–H and O–H groups in total. The van der Waals surface area contributed by atoms with Gasteiger partial charge in [0.15, 0.2) is 11.7 Å². The lowest BCUT2D eigenvalue weighted by molar-refractivity contribution is 0.0607. The summed E-state index contributed by atoms with van der Waals surface area (Å²) in [5.74, 6) is 0.667. The number of amides is 1. The number of likely N-dealkylation sites (tertiary alicyclic amines) is 1. The molecule has 0 saturated carbocycles. The third-order valence-corrected chi connectivity index (χ3v) is 5.59. The number of benzene rings is 1. The Morgan fingerprint density at radius 2 is 2.12 bits per heavy atom. The van der Waals surface area contributed by atoms with Crippen LogP contribution in [-0.2, 0) is 6.42 Å². The van der Waals surface area contributed by atoms with Crippen molar-refractivity contribution in [2.75, 3.05) is 19.3 Å². The molecule has 1 aliphatic heterocycles. The van der Waals surface area contributed by atoms with Crippen molar-refractivity contribution in [2.24, 2.45) is 5.92 Å². The van der Waals surface area contributed by atoms with Crippen LogP contribution in [0.2, 0.25) is 0 Å². The summed E-state index contributed by atoms with van der Waals surface area (Å²) in [5, 5.41) is 0. The summed E-state index contributed by atoms with van der Waals surface area (Å²) in [6.45, 7) is 4.81. The molecule has 1 atom stereocenters. The van der Waals surface area contributed by atoms with Crippen molar-refractivity contribution in [3.63, 3.8) is 0 Å². The number of thioether (sulfide) groups is 1. The molecule has 0 unspecified atom stereocenters. The van der Waals surface area contributed by atoms with E-state index >= 15 is 0 Å². The molecule has 1 saturated heterocycles. The van der Waals surface area contributed by atoms with Crippen LogP contribution in [0.1, 0.15) is 52.3 Å². The second-order valence-electron chi connectivity index (χ2n) is 6.53. The zero-order valence-corrected chi connectivity index (χ0v) is 16.3. The van der Waals surface area contributed by atoms with Gasteiger partial charge in [-0.3, -0.25) is 9.59 Å². The molecule has 0 bridgehead atoms. The van der Waals surface area contributed by atoms with Crippen LogP contribution >= 0.6 is 11.8 Å². The largest absolute Gasteiger partial charge is 0.435 e. The van der Waals surface area contributed by atoms with Crippen LogP contribution in [0.5, 0.6) is 0 Å². The number of carbonyl (C=O) groups excluding carboxylic acids is 2. The smallest absolute Gasteiger partial charge is 0.291 e. The lowest BCUT2D eigenvalue weighted by Gasteiger charge is -2.31. The number of Topliss-reactive ketones (excluding diaryl/α,β-unsaturated/α-hetero) is 1. The number of hydrogen-bond donors (Lipinski definition) is 0. The predicted octanol–water partition coefficient (Wildman–Crippen LogP) is 4.00. The van der Waals surface area contributed by atoms with Crippen LogP contribution < -0.4 is 0 Å². The second kappa shape index (κ2) is 8.08. The van der Waals surface area contributed by atoms with Gasteiger partial charge < -0.3 is 9.32 Å². The normalized spacial score (nSPS) is 17.3. The lowest BCUT2D eigenvalue weighted by Crippen LogP contribution is -2.42. The number of nitrogens with zero attached hydrogens (tertiary/aromatic N) is 2. The Labute approximate surface area is 158 Å². The van der Waals surface area contributed by atoms with Crippen LogP contribution in [0.4, 0.5) is 0 Å². The third kappa shape index (κ3) is 3.70. The minimum atomic E-state index is -0.171. The fraction of sp³-hybridized carbons (Fsp3) is 0.450. The number of oxazole rings is 1. The molecule has 1 fully saturated rings. The first kappa shape index (κ1) is 18.7.